The van der Waals surface area contributed by atoms with E-state index in [2.05, 4.69) is 0 Å². The first-order valence-electron chi connectivity index (χ1n) is 11.6. The second-order valence-electron chi connectivity index (χ2n) is 9.03. The summed E-state index contributed by atoms with van der Waals surface area (Å²) in [5.74, 6) is -3.74. The lowest BCUT2D eigenvalue weighted by Gasteiger charge is -2.38. The summed E-state index contributed by atoms with van der Waals surface area (Å²) in [5, 5.41) is 50.8. The van der Waals surface area contributed by atoms with Crippen molar-refractivity contribution in [3.8, 4) is 57.4 Å². The molecular weight excluding hydrogens is 585 g/mol. The van der Waals surface area contributed by atoms with E-state index in [0.29, 0.717) is 0 Å². The van der Waals surface area contributed by atoms with Gasteiger partial charge in [0.25, 0.3) is 0 Å². The van der Waals surface area contributed by atoms with Crippen molar-refractivity contribution in [2.75, 3.05) is 14.2 Å². The van der Waals surface area contributed by atoms with E-state index >= 15 is 0 Å². The molecule has 0 saturated carbocycles. The Morgan fingerprint density at radius 3 is 1.90 bits per heavy atom. The van der Waals surface area contributed by atoms with E-state index < -0.39 is 40.9 Å². The maximum absolute atomic E-state index is 13.4. The van der Waals surface area contributed by atoms with E-state index in [9.17, 15) is 35.1 Å². The molecule has 0 unspecified atom stereocenters. The van der Waals surface area contributed by atoms with Gasteiger partial charge in [-0.25, -0.2) is 9.59 Å². The van der Waals surface area contributed by atoms with Crippen LogP contribution in [0.4, 0.5) is 4.79 Å². The number of nitrogens with zero attached hydrogens (tertiary/aromatic N) is 1. The number of aromatic hydroxyl groups is 4. The van der Waals surface area contributed by atoms with Gasteiger partial charge in [-0.15, -0.1) is 0 Å². The van der Waals surface area contributed by atoms with Gasteiger partial charge in [0.05, 0.1) is 30.9 Å². The number of carbonyl (C=O) groups is 2. The Morgan fingerprint density at radius 1 is 0.854 bits per heavy atom. The average molecular weight is 602 g/mol. The van der Waals surface area contributed by atoms with Crippen LogP contribution in [-0.4, -0.2) is 56.4 Å². The molecule has 5 N–H and O–H groups in total. The summed E-state index contributed by atoms with van der Waals surface area (Å²) in [6.07, 6.45) is -1.63. The Kier molecular flexibility index (Phi) is 5.63. The number of hydrogen-bond acceptors (Lipinski definition) is 10. The van der Waals surface area contributed by atoms with Crippen LogP contribution in [0.15, 0.2) is 36.4 Å². The van der Waals surface area contributed by atoms with E-state index in [1.54, 1.807) is 0 Å². The number of benzene rings is 3. The predicted molar refractivity (Wildman–Crippen MR) is 141 cm³/mol. The van der Waals surface area contributed by atoms with Crippen LogP contribution < -0.4 is 14.2 Å². The van der Waals surface area contributed by atoms with Gasteiger partial charge in [0, 0.05) is 17.2 Å². The standard InChI is InChI=1S/C27H17Cl2NO11/c1-38-15-7-13-22(18(28)20(15)32)40-23-14(8-16(39-2)21(33)19(23)29)27(13)12-5-9(3-4-10(12)25(35)41-27)11-6-17(31)30(24(11)34)26(36)37/h3-8,31-34H,1-2H3,(H,36,37). The molecule has 41 heavy (non-hydrogen) atoms. The van der Waals surface area contributed by atoms with Crippen molar-refractivity contribution in [2.24, 2.45) is 0 Å². The van der Waals surface area contributed by atoms with E-state index in [1.807, 2.05) is 0 Å². The Hall–Kier alpha value is -4.94. The highest BCUT2D eigenvalue weighted by Crippen LogP contribution is 2.63. The predicted octanol–water partition coefficient (Wildman–Crippen LogP) is 5.40. The summed E-state index contributed by atoms with van der Waals surface area (Å²) in [7, 11) is 2.57. The van der Waals surface area contributed by atoms with Gasteiger partial charge in [0.15, 0.2) is 40.1 Å². The summed E-state index contributed by atoms with van der Waals surface area (Å²) in [5.41, 5.74) is -1.33. The van der Waals surface area contributed by atoms with Crippen LogP contribution in [0.5, 0.6) is 46.3 Å². The van der Waals surface area contributed by atoms with Crippen LogP contribution in [0.1, 0.15) is 27.0 Å². The third-order valence-electron chi connectivity index (χ3n) is 7.05. The van der Waals surface area contributed by atoms with Crippen molar-refractivity contribution < 1.29 is 54.1 Å². The largest absolute Gasteiger partial charge is 0.503 e. The average Bonchev–Trinajstić information content (AvgIpc) is 3.41. The first-order valence-corrected chi connectivity index (χ1v) is 12.3. The summed E-state index contributed by atoms with van der Waals surface area (Å²) >= 11 is 13.0. The van der Waals surface area contributed by atoms with Crippen molar-refractivity contribution in [1.29, 1.82) is 0 Å². The lowest BCUT2D eigenvalue weighted by molar-refractivity contribution is 0.0222. The molecule has 2 aliphatic rings. The Balaban J connectivity index is 1.74. The van der Waals surface area contributed by atoms with Gasteiger partial charge < -0.3 is 44.5 Å². The molecule has 3 heterocycles. The van der Waals surface area contributed by atoms with Crippen LogP contribution >= 0.6 is 23.2 Å². The number of hydrogen-bond donors (Lipinski definition) is 5. The molecule has 3 aromatic carbocycles. The van der Waals surface area contributed by atoms with Crippen molar-refractivity contribution in [3.63, 3.8) is 0 Å². The van der Waals surface area contributed by atoms with Gasteiger partial charge in [0.2, 0.25) is 11.8 Å². The summed E-state index contributed by atoms with van der Waals surface area (Å²) in [6, 6.07) is 8.01. The number of methoxy groups -OCH3 is 2. The molecule has 6 rings (SSSR count). The number of carboxylic acid groups (broad SMARTS) is 1. The fourth-order valence-corrected chi connectivity index (χ4v) is 5.66. The minimum atomic E-state index is -1.90. The van der Waals surface area contributed by atoms with Crippen LogP contribution in [0, 0.1) is 0 Å². The maximum Gasteiger partial charge on any atom is 0.421 e. The SMILES string of the molecule is COc1cc2c(c(Cl)c1O)Oc1c(cc(OC)c(O)c1Cl)C21OC(=O)c2ccc(-c3cc(O)n(C(=O)O)c3O)cc21. The summed E-state index contributed by atoms with van der Waals surface area (Å²) in [4.78, 5) is 24.9. The molecular formula is C27H17Cl2NO11. The highest BCUT2D eigenvalue weighted by atomic mass is 35.5. The lowest BCUT2D eigenvalue weighted by atomic mass is 9.76. The molecule has 0 fully saturated rings. The molecule has 2 aliphatic heterocycles. The molecule has 12 nitrogen and oxygen atoms in total. The number of phenolic OH excluding ortho intramolecular Hbond substituents is 2. The van der Waals surface area contributed by atoms with E-state index in [1.165, 1.54) is 44.6 Å². The van der Waals surface area contributed by atoms with Gasteiger partial charge in [-0.2, -0.15) is 4.57 Å². The molecule has 4 aromatic rings. The number of rotatable bonds is 3. The maximum atomic E-state index is 13.4. The highest BCUT2D eigenvalue weighted by molar-refractivity contribution is 6.35. The van der Waals surface area contributed by atoms with E-state index in [0.717, 1.165) is 6.07 Å². The molecule has 0 saturated heterocycles. The zero-order chi connectivity index (χ0) is 29.5. The monoisotopic (exact) mass is 601 g/mol. The van der Waals surface area contributed by atoms with Gasteiger partial charge in [-0.05, 0) is 29.8 Å². The Bertz CT molecular complexity index is 1780. The van der Waals surface area contributed by atoms with Gasteiger partial charge in [-0.3, -0.25) is 0 Å². The highest BCUT2D eigenvalue weighted by Gasteiger charge is 2.56. The molecule has 0 atom stereocenters. The molecule has 210 valence electrons. The first-order chi connectivity index (χ1) is 19.5. The minimum absolute atomic E-state index is 0.0697. The third kappa shape index (κ3) is 3.34. The molecule has 0 bridgehead atoms. The van der Waals surface area contributed by atoms with E-state index in [4.69, 9.17) is 42.1 Å². The fraction of sp³-hybridized carbons (Fsp3) is 0.111. The number of aromatic nitrogens is 1. The fourth-order valence-electron chi connectivity index (χ4n) is 5.20. The second-order valence-corrected chi connectivity index (χ2v) is 9.78. The summed E-state index contributed by atoms with van der Waals surface area (Å²) < 4.78 is 22.9. The molecule has 0 amide bonds. The molecule has 1 spiro atoms. The number of carbonyl (C=O) groups excluding carboxylic acids is 1. The number of halogens is 2. The Labute approximate surface area is 239 Å². The normalized spacial score (nSPS) is 14.1. The number of ether oxygens (including phenoxy) is 4. The molecule has 14 heteroatoms. The smallest absolute Gasteiger partial charge is 0.421 e. The number of fused-ring (bicyclic) bond motifs is 6. The molecule has 1 aromatic heterocycles. The molecule has 0 radical (unpaired) electrons. The third-order valence-corrected chi connectivity index (χ3v) is 7.75. The van der Waals surface area contributed by atoms with Crippen molar-refractivity contribution in [1.82, 2.24) is 4.57 Å². The number of esters is 1. The van der Waals surface area contributed by atoms with Gasteiger partial charge in [0.1, 0.15) is 10.0 Å². The lowest BCUT2D eigenvalue weighted by Crippen LogP contribution is -2.33. The zero-order valence-electron chi connectivity index (χ0n) is 20.9. The van der Waals surface area contributed by atoms with Crippen LogP contribution in [-0.2, 0) is 10.3 Å². The molecule has 0 aliphatic carbocycles. The van der Waals surface area contributed by atoms with Crippen molar-refractivity contribution >= 4 is 35.3 Å². The first kappa shape index (κ1) is 26.3. The van der Waals surface area contributed by atoms with Gasteiger partial charge in [-0.1, -0.05) is 29.3 Å². The van der Waals surface area contributed by atoms with Crippen molar-refractivity contribution in [3.05, 3.63) is 68.7 Å². The Morgan fingerprint density at radius 2 is 1.41 bits per heavy atom. The van der Waals surface area contributed by atoms with Crippen LogP contribution in [0.2, 0.25) is 10.0 Å². The second kappa shape index (κ2) is 8.78. The summed E-state index contributed by atoms with van der Waals surface area (Å²) in [6.45, 7) is 0. The zero-order valence-corrected chi connectivity index (χ0v) is 22.4. The topological polar surface area (TPSA) is 177 Å². The van der Waals surface area contributed by atoms with Gasteiger partial charge >= 0.3 is 12.1 Å². The van der Waals surface area contributed by atoms with E-state index in [-0.39, 0.29) is 71.0 Å². The van der Waals surface area contributed by atoms with Crippen LogP contribution in [0.25, 0.3) is 11.1 Å². The number of phenols is 2. The van der Waals surface area contributed by atoms with Crippen molar-refractivity contribution in [2.45, 2.75) is 5.60 Å². The quantitative estimate of drug-likeness (QED) is 0.190. The van der Waals surface area contributed by atoms with Crippen LogP contribution in [0.3, 0.4) is 0 Å². The minimum Gasteiger partial charge on any atom is -0.503 e.